The monoisotopic (exact) mass is 403 g/mol. The first-order chi connectivity index (χ1) is 8.97. The molecule has 0 spiro atoms. The third-order valence-electron chi connectivity index (χ3n) is 2.34. The van der Waals surface area contributed by atoms with Crippen LogP contribution in [0.4, 0.5) is 5.69 Å². The Morgan fingerprint density at radius 3 is 2.32 bits per heavy atom. The van der Waals surface area contributed by atoms with E-state index in [-0.39, 0.29) is 11.5 Å². The molecule has 0 aromatic heterocycles. The summed E-state index contributed by atoms with van der Waals surface area (Å²) in [6.45, 7) is 0. The zero-order valence-corrected chi connectivity index (χ0v) is 13.4. The highest BCUT2D eigenvalue weighted by Crippen LogP contribution is 2.36. The van der Waals surface area contributed by atoms with Crippen molar-refractivity contribution in [3.05, 3.63) is 49.9 Å². The molecule has 0 atom stereocenters. The minimum absolute atomic E-state index is 0.102. The molecule has 0 heterocycles. The predicted octanol–water partition coefficient (Wildman–Crippen LogP) is 5.03. The topological polar surface area (TPSA) is 52.8 Å². The van der Waals surface area contributed by atoms with Crippen LogP contribution >= 0.6 is 43.5 Å². The molecule has 6 heteroatoms. The zero-order chi connectivity index (χ0) is 14.0. The molecule has 19 heavy (non-hydrogen) atoms. The van der Waals surface area contributed by atoms with Gasteiger partial charge >= 0.3 is 0 Å². The van der Waals surface area contributed by atoms with Crippen LogP contribution in [-0.4, -0.2) is 16.4 Å². The second-order valence-electron chi connectivity index (χ2n) is 3.72. The highest BCUT2D eigenvalue weighted by atomic mass is 79.9. The van der Waals surface area contributed by atoms with Crippen molar-refractivity contribution in [1.29, 1.82) is 0 Å². The third kappa shape index (κ3) is 3.49. The summed E-state index contributed by atoms with van der Waals surface area (Å²) in [5.41, 5.74) is 1.14. The molecule has 0 unspecified atom stereocenters. The molecule has 2 rings (SSSR count). The lowest BCUT2D eigenvalue weighted by molar-refractivity contribution is 0.468. The van der Waals surface area contributed by atoms with Gasteiger partial charge in [0.1, 0.15) is 11.5 Å². The fourth-order valence-electron chi connectivity index (χ4n) is 1.40. The van der Waals surface area contributed by atoms with Gasteiger partial charge in [0.15, 0.2) is 0 Å². The Hall–Kier alpha value is -1.04. The van der Waals surface area contributed by atoms with Gasteiger partial charge in [-0.1, -0.05) is 11.6 Å². The van der Waals surface area contributed by atoms with Crippen molar-refractivity contribution < 1.29 is 10.2 Å². The summed E-state index contributed by atoms with van der Waals surface area (Å²) >= 11 is 12.3. The van der Waals surface area contributed by atoms with Gasteiger partial charge in [0, 0.05) is 16.8 Å². The SMILES string of the molecule is Oc1ccc(Cl)cc1C=Nc1cc(Br)c(O)c(Br)c1. The largest absolute Gasteiger partial charge is 0.507 e. The Bertz CT molecular complexity index is 636. The lowest BCUT2D eigenvalue weighted by atomic mass is 10.2. The van der Waals surface area contributed by atoms with Crippen molar-refractivity contribution in [2.24, 2.45) is 4.99 Å². The van der Waals surface area contributed by atoms with Gasteiger partial charge in [-0.05, 0) is 62.2 Å². The first kappa shape index (κ1) is 14.4. The molecular weight excluding hydrogens is 397 g/mol. The van der Waals surface area contributed by atoms with Gasteiger partial charge < -0.3 is 10.2 Å². The quantitative estimate of drug-likeness (QED) is 0.689. The van der Waals surface area contributed by atoms with Crippen molar-refractivity contribution in [3.8, 4) is 11.5 Å². The van der Waals surface area contributed by atoms with Crippen LogP contribution in [0.3, 0.4) is 0 Å². The van der Waals surface area contributed by atoms with Crippen LogP contribution in [-0.2, 0) is 0 Å². The van der Waals surface area contributed by atoms with E-state index in [0.29, 0.717) is 25.2 Å². The second-order valence-corrected chi connectivity index (χ2v) is 5.86. The summed E-state index contributed by atoms with van der Waals surface area (Å²) in [6.07, 6.45) is 1.51. The van der Waals surface area contributed by atoms with E-state index in [1.54, 1.807) is 24.3 Å². The molecule has 0 aliphatic carbocycles. The van der Waals surface area contributed by atoms with E-state index in [0.717, 1.165) is 0 Å². The molecule has 2 aromatic rings. The van der Waals surface area contributed by atoms with Crippen molar-refractivity contribution in [2.75, 3.05) is 0 Å². The molecule has 0 fully saturated rings. The van der Waals surface area contributed by atoms with E-state index in [2.05, 4.69) is 36.9 Å². The molecule has 0 amide bonds. The summed E-state index contributed by atoms with van der Waals surface area (Å²) in [6, 6.07) is 8.05. The first-order valence-electron chi connectivity index (χ1n) is 5.18. The lowest BCUT2D eigenvalue weighted by Crippen LogP contribution is -1.82. The van der Waals surface area contributed by atoms with Gasteiger partial charge in [-0.15, -0.1) is 0 Å². The highest BCUT2D eigenvalue weighted by molar-refractivity contribution is 9.11. The number of hydrogen-bond donors (Lipinski definition) is 2. The van der Waals surface area contributed by atoms with E-state index in [9.17, 15) is 10.2 Å². The molecule has 0 aliphatic rings. The Labute approximate surface area is 131 Å². The minimum atomic E-state index is 0.102. The second kappa shape index (κ2) is 5.94. The number of aliphatic imine (C=N–C) groups is 1. The van der Waals surface area contributed by atoms with Crippen LogP contribution in [0.5, 0.6) is 11.5 Å². The maximum atomic E-state index is 9.66. The fraction of sp³-hybridized carbons (Fsp3) is 0. The molecule has 2 aromatic carbocycles. The van der Waals surface area contributed by atoms with Crippen LogP contribution in [0, 0.1) is 0 Å². The van der Waals surface area contributed by atoms with Gasteiger partial charge in [0.05, 0.1) is 14.6 Å². The minimum Gasteiger partial charge on any atom is -0.507 e. The molecular formula is C13H8Br2ClNO2. The van der Waals surface area contributed by atoms with Crippen LogP contribution in [0.2, 0.25) is 5.02 Å². The molecule has 3 nitrogen and oxygen atoms in total. The maximum absolute atomic E-state index is 9.66. The normalized spacial score (nSPS) is 11.1. The van der Waals surface area contributed by atoms with Gasteiger partial charge in [0.25, 0.3) is 0 Å². The van der Waals surface area contributed by atoms with E-state index >= 15 is 0 Å². The lowest BCUT2D eigenvalue weighted by Gasteiger charge is -2.02. The molecule has 2 N–H and O–H groups in total. The maximum Gasteiger partial charge on any atom is 0.144 e. The van der Waals surface area contributed by atoms with E-state index in [1.807, 2.05) is 0 Å². The van der Waals surface area contributed by atoms with Gasteiger partial charge in [-0.25, -0.2) is 0 Å². The highest BCUT2D eigenvalue weighted by Gasteiger charge is 2.05. The van der Waals surface area contributed by atoms with Crippen LogP contribution in [0.15, 0.2) is 44.3 Å². The molecule has 98 valence electrons. The molecule has 0 bridgehead atoms. The van der Waals surface area contributed by atoms with Crippen LogP contribution in [0.1, 0.15) is 5.56 Å². The number of aromatic hydroxyl groups is 2. The first-order valence-corrected chi connectivity index (χ1v) is 7.14. The number of nitrogens with zero attached hydrogens (tertiary/aromatic N) is 1. The summed E-state index contributed by atoms with van der Waals surface area (Å²) < 4.78 is 1.06. The summed E-state index contributed by atoms with van der Waals surface area (Å²) in [7, 11) is 0. The van der Waals surface area contributed by atoms with Crippen molar-refractivity contribution in [2.45, 2.75) is 0 Å². The van der Waals surface area contributed by atoms with Crippen LogP contribution < -0.4 is 0 Å². The zero-order valence-electron chi connectivity index (χ0n) is 9.44. The van der Waals surface area contributed by atoms with Crippen molar-refractivity contribution in [1.82, 2.24) is 0 Å². The standard InChI is InChI=1S/C13H8Br2ClNO2/c14-10-4-9(5-11(15)13(10)19)17-6-7-3-8(16)1-2-12(7)18/h1-6,18-19H. The van der Waals surface area contributed by atoms with E-state index in [4.69, 9.17) is 11.6 Å². The molecule has 0 aliphatic heterocycles. The summed E-state index contributed by atoms with van der Waals surface area (Å²) in [4.78, 5) is 4.23. The average Bonchev–Trinajstić information content (AvgIpc) is 2.37. The number of halogens is 3. The Kier molecular flexibility index (Phi) is 4.50. The van der Waals surface area contributed by atoms with Crippen molar-refractivity contribution >= 4 is 55.4 Å². The number of phenolic OH excluding ortho intramolecular Hbond substituents is 2. The Morgan fingerprint density at radius 1 is 1.05 bits per heavy atom. The van der Waals surface area contributed by atoms with Crippen LogP contribution in [0.25, 0.3) is 0 Å². The van der Waals surface area contributed by atoms with Crippen molar-refractivity contribution in [3.63, 3.8) is 0 Å². The van der Waals surface area contributed by atoms with E-state index in [1.165, 1.54) is 12.3 Å². The Morgan fingerprint density at radius 2 is 1.68 bits per heavy atom. The summed E-state index contributed by atoms with van der Waals surface area (Å²) in [5.74, 6) is 0.217. The third-order valence-corrected chi connectivity index (χ3v) is 3.79. The fourth-order valence-corrected chi connectivity index (χ4v) is 2.74. The molecule has 0 saturated carbocycles. The molecule has 0 radical (unpaired) electrons. The van der Waals surface area contributed by atoms with Gasteiger partial charge in [-0.2, -0.15) is 0 Å². The number of phenols is 2. The van der Waals surface area contributed by atoms with E-state index < -0.39 is 0 Å². The number of rotatable bonds is 2. The summed E-state index contributed by atoms with van der Waals surface area (Å²) in [5, 5.41) is 19.8. The predicted molar refractivity (Wildman–Crippen MR) is 83.9 cm³/mol. The van der Waals surface area contributed by atoms with Gasteiger partial charge in [0.2, 0.25) is 0 Å². The van der Waals surface area contributed by atoms with Gasteiger partial charge in [-0.3, -0.25) is 4.99 Å². The Balaban J connectivity index is 2.35. The number of hydrogen-bond acceptors (Lipinski definition) is 3. The molecule has 0 saturated heterocycles. The smallest absolute Gasteiger partial charge is 0.144 e. The average molecular weight is 405 g/mol. The number of benzene rings is 2.